The molecule has 0 saturated carbocycles. The summed E-state index contributed by atoms with van der Waals surface area (Å²) in [6.07, 6.45) is 2.16. The molecule has 1 aliphatic heterocycles. The fourth-order valence-corrected chi connectivity index (χ4v) is 4.73. The maximum absolute atomic E-state index is 13.7. The Labute approximate surface area is 123 Å². The molecule has 1 aromatic carbocycles. The van der Waals surface area contributed by atoms with E-state index in [0.29, 0.717) is 17.4 Å². The van der Waals surface area contributed by atoms with E-state index in [2.05, 4.69) is 4.72 Å². The maximum atomic E-state index is 13.7. The van der Waals surface area contributed by atoms with Crippen LogP contribution in [0.4, 0.5) is 4.39 Å². The number of hydrogen-bond donors (Lipinski definition) is 2. The highest BCUT2D eigenvalue weighted by Crippen LogP contribution is 2.26. The highest BCUT2D eigenvalue weighted by atomic mass is 32.2. The van der Waals surface area contributed by atoms with Crippen LogP contribution in [0, 0.1) is 12.7 Å². The topological polar surface area (TPSA) is 72.2 Å². The number of sulfonamides is 1. The van der Waals surface area contributed by atoms with E-state index >= 15 is 0 Å². The molecule has 0 aliphatic carbocycles. The van der Waals surface area contributed by atoms with Gasteiger partial charge in [-0.1, -0.05) is 0 Å². The molecule has 0 radical (unpaired) electrons. The Morgan fingerprint density at radius 3 is 2.85 bits per heavy atom. The van der Waals surface area contributed by atoms with Crippen LogP contribution in [0.5, 0.6) is 0 Å². The van der Waals surface area contributed by atoms with E-state index in [0.717, 1.165) is 18.6 Å². The van der Waals surface area contributed by atoms with Crippen LogP contribution in [0.1, 0.15) is 24.0 Å². The number of hydrogen-bond acceptors (Lipinski definition) is 4. The predicted molar refractivity (Wildman–Crippen MR) is 79.7 cm³/mol. The van der Waals surface area contributed by atoms with Gasteiger partial charge in [-0.05, 0) is 43.2 Å². The molecule has 7 heteroatoms. The Morgan fingerprint density at radius 2 is 2.25 bits per heavy atom. The molecular formula is C13H19FN2O2S2. The van der Waals surface area contributed by atoms with E-state index in [9.17, 15) is 12.8 Å². The van der Waals surface area contributed by atoms with Gasteiger partial charge in [0, 0.05) is 23.9 Å². The van der Waals surface area contributed by atoms with Crippen molar-refractivity contribution < 1.29 is 12.8 Å². The molecule has 0 bridgehead atoms. The van der Waals surface area contributed by atoms with Crippen molar-refractivity contribution in [3.05, 3.63) is 29.1 Å². The molecule has 0 amide bonds. The molecule has 1 saturated heterocycles. The van der Waals surface area contributed by atoms with Crippen LogP contribution in [0.3, 0.4) is 0 Å². The van der Waals surface area contributed by atoms with Gasteiger partial charge in [-0.3, -0.25) is 0 Å². The molecule has 1 atom stereocenters. The molecule has 1 fully saturated rings. The number of rotatable bonds is 5. The molecule has 20 heavy (non-hydrogen) atoms. The second-order valence-corrected chi connectivity index (χ2v) is 8.08. The number of nitrogens with one attached hydrogen (secondary N) is 1. The molecule has 112 valence electrons. The third-order valence-corrected chi connectivity index (χ3v) is 6.16. The monoisotopic (exact) mass is 318 g/mol. The Morgan fingerprint density at radius 1 is 1.50 bits per heavy atom. The van der Waals surface area contributed by atoms with Crippen molar-refractivity contribution in [2.24, 2.45) is 5.73 Å². The largest absolute Gasteiger partial charge is 0.326 e. The minimum absolute atomic E-state index is 0.0193. The zero-order valence-electron chi connectivity index (χ0n) is 11.4. The minimum Gasteiger partial charge on any atom is -0.326 e. The first-order valence-electron chi connectivity index (χ1n) is 6.54. The van der Waals surface area contributed by atoms with Crippen molar-refractivity contribution in [2.75, 3.05) is 12.3 Å². The molecule has 1 unspecified atom stereocenters. The van der Waals surface area contributed by atoms with Crippen molar-refractivity contribution in [1.29, 1.82) is 0 Å². The van der Waals surface area contributed by atoms with Gasteiger partial charge in [0.25, 0.3) is 0 Å². The first-order chi connectivity index (χ1) is 9.44. The van der Waals surface area contributed by atoms with Crippen molar-refractivity contribution in [3.63, 3.8) is 0 Å². The normalized spacial score (nSPS) is 19.4. The zero-order chi connectivity index (χ0) is 14.8. The lowest BCUT2D eigenvalue weighted by atomic mass is 10.1. The van der Waals surface area contributed by atoms with Crippen molar-refractivity contribution in [2.45, 2.75) is 36.5 Å². The summed E-state index contributed by atoms with van der Waals surface area (Å²) >= 11 is 1.78. The zero-order valence-corrected chi connectivity index (χ0v) is 13.0. The molecule has 1 heterocycles. The fourth-order valence-electron chi connectivity index (χ4n) is 2.20. The van der Waals surface area contributed by atoms with E-state index in [-0.39, 0.29) is 17.0 Å². The Kier molecular flexibility index (Phi) is 5.06. The van der Waals surface area contributed by atoms with Crippen molar-refractivity contribution in [1.82, 2.24) is 4.72 Å². The van der Waals surface area contributed by atoms with E-state index in [1.165, 1.54) is 12.1 Å². The van der Waals surface area contributed by atoms with Gasteiger partial charge < -0.3 is 5.73 Å². The SMILES string of the molecule is Cc1cc(S(=O)(=O)NCC2CCCS2)cc(CN)c1F. The number of thioether (sulfide) groups is 1. The average Bonchev–Trinajstić information content (AvgIpc) is 2.92. The molecule has 2 rings (SSSR count). The summed E-state index contributed by atoms with van der Waals surface area (Å²) in [6, 6.07) is 2.66. The van der Waals surface area contributed by atoms with Crippen LogP contribution in [0.25, 0.3) is 0 Å². The molecule has 3 N–H and O–H groups in total. The smallest absolute Gasteiger partial charge is 0.240 e. The number of benzene rings is 1. The highest BCUT2D eigenvalue weighted by Gasteiger charge is 2.21. The third-order valence-electron chi connectivity index (χ3n) is 3.36. The van der Waals surface area contributed by atoms with Crippen LogP contribution < -0.4 is 10.5 Å². The average molecular weight is 318 g/mol. The predicted octanol–water partition coefficient (Wildman–Crippen LogP) is 1.77. The fraction of sp³-hybridized carbons (Fsp3) is 0.538. The molecule has 1 aliphatic rings. The summed E-state index contributed by atoms with van der Waals surface area (Å²) < 4.78 is 40.8. The van der Waals surface area contributed by atoms with Crippen LogP contribution >= 0.6 is 11.8 Å². The first kappa shape index (κ1) is 15.8. The second-order valence-electron chi connectivity index (χ2n) is 4.90. The van der Waals surface area contributed by atoms with Crippen molar-refractivity contribution in [3.8, 4) is 0 Å². The summed E-state index contributed by atoms with van der Waals surface area (Å²) in [5, 5.41) is 0.334. The quantitative estimate of drug-likeness (QED) is 0.868. The van der Waals surface area contributed by atoms with Crippen LogP contribution in [0.15, 0.2) is 17.0 Å². The van der Waals surface area contributed by atoms with E-state index < -0.39 is 15.8 Å². The summed E-state index contributed by atoms with van der Waals surface area (Å²) in [7, 11) is -3.61. The lowest BCUT2D eigenvalue weighted by molar-refractivity contribution is 0.575. The van der Waals surface area contributed by atoms with Gasteiger partial charge in [-0.25, -0.2) is 17.5 Å². The van der Waals surface area contributed by atoms with Gasteiger partial charge in [0.15, 0.2) is 0 Å². The lowest BCUT2D eigenvalue weighted by Gasteiger charge is -2.13. The maximum Gasteiger partial charge on any atom is 0.240 e. The number of aryl methyl sites for hydroxylation is 1. The van der Waals surface area contributed by atoms with E-state index in [4.69, 9.17) is 5.73 Å². The Hall–Kier alpha value is -0.630. The minimum atomic E-state index is -3.61. The van der Waals surface area contributed by atoms with Gasteiger partial charge in [-0.15, -0.1) is 0 Å². The Bertz CT molecular complexity index is 584. The summed E-state index contributed by atoms with van der Waals surface area (Å²) in [4.78, 5) is 0.0832. The van der Waals surface area contributed by atoms with Crippen LogP contribution in [-0.4, -0.2) is 26.0 Å². The molecule has 0 aromatic heterocycles. The van der Waals surface area contributed by atoms with Crippen molar-refractivity contribution >= 4 is 21.8 Å². The number of nitrogens with two attached hydrogens (primary N) is 1. The molecular weight excluding hydrogens is 299 g/mol. The van der Waals surface area contributed by atoms with Crippen LogP contribution in [-0.2, 0) is 16.6 Å². The number of halogens is 1. The second kappa shape index (κ2) is 6.43. The third kappa shape index (κ3) is 3.52. The van der Waals surface area contributed by atoms with Crippen LogP contribution in [0.2, 0.25) is 0 Å². The first-order valence-corrected chi connectivity index (χ1v) is 9.07. The summed E-state index contributed by atoms with van der Waals surface area (Å²) in [5.41, 5.74) is 5.96. The standard InChI is InChI=1S/C13H19FN2O2S2/c1-9-5-12(6-10(7-15)13(9)14)20(17,18)16-8-11-3-2-4-19-11/h5-6,11,16H,2-4,7-8,15H2,1H3. The van der Waals surface area contributed by atoms with Gasteiger partial charge in [-0.2, -0.15) is 11.8 Å². The lowest BCUT2D eigenvalue weighted by Crippen LogP contribution is -2.30. The van der Waals surface area contributed by atoms with Gasteiger partial charge >= 0.3 is 0 Å². The van der Waals surface area contributed by atoms with Gasteiger partial charge in [0.1, 0.15) is 5.82 Å². The molecule has 1 aromatic rings. The van der Waals surface area contributed by atoms with E-state index in [1.807, 2.05) is 0 Å². The Balaban J connectivity index is 2.18. The summed E-state index contributed by atoms with van der Waals surface area (Å²) in [5.74, 6) is 0.650. The van der Waals surface area contributed by atoms with Gasteiger partial charge in [0.2, 0.25) is 10.0 Å². The molecule has 4 nitrogen and oxygen atoms in total. The van der Waals surface area contributed by atoms with E-state index in [1.54, 1.807) is 18.7 Å². The molecule has 0 spiro atoms. The summed E-state index contributed by atoms with van der Waals surface area (Å²) in [6.45, 7) is 1.94. The van der Waals surface area contributed by atoms with Gasteiger partial charge in [0.05, 0.1) is 4.90 Å². The highest BCUT2D eigenvalue weighted by molar-refractivity contribution is 8.00.